The number of H-pyrrole nitrogens is 1. The highest BCUT2D eigenvalue weighted by atomic mass is 35.5. The Hall–Kier alpha value is -2.94. The molecule has 0 radical (unpaired) electrons. The van der Waals surface area contributed by atoms with Gasteiger partial charge in [0.2, 0.25) is 0 Å². The number of benzene rings is 2. The molecular weight excluding hydrogens is 376 g/mol. The molecule has 0 spiro atoms. The van der Waals surface area contributed by atoms with E-state index >= 15 is 0 Å². The summed E-state index contributed by atoms with van der Waals surface area (Å²) in [7, 11) is 0. The van der Waals surface area contributed by atoms with Crippen LogP contribution in [0.4, 0.5) is 0 Å². The van der Waals surface area contributed by atoms with Gasteiger partial charge in [0.05, 0.1) is 22.3 Å². The summed E-state index contributed by atoms with van der Waals surface area (Å²) in [4.78, 5) is 12.5. The fourth-order valence-corrected chi connectivity index (χ4v) is 3.83. The quantitative estimate of drug-likeness (QED) is 0.506. The van der Waals surface area contributed by atoms with Crippen molar-refractivity contribution in [2.75, 3.05) is 0 Å². The second kappa shape index (κ2) is 7.75. The average Bonchev–Trinajstić information content (AvgIpc) is 3.32. The van der Waals surface area contributed by atoms with Crippen molar-refractivity contribution >= 4 is 22.9 Å². The summed E-state index contributed by atoms with van der Waals surface area (Å²) in [6.45, 7) is 0. The summed E-state index contributed by atoms with van der Waals surface area (Å²) in [5, 5.41) is 12.7. The van der Waals surface area contributed by atoms with Gasteiger partial charge in [-0.2, -0.15) is 5.26 Å². The van der Waals surface area contributed by atoms with E-state index in [1.807, 2.05) is 54.7 Å². The molecule has 132 valence electrons. The zero-order valence-electron chi connectivity index (χ0n) is 14.3. The van der Waals surface area contributed by atoms with Crippen LogP contribution in [0.1, 0.15) is 27.7 Å². The summed E-state index contributed by atoms with van der Waals surface area (Å²) in [5.74, 6) is 0.904. The third-order valence-electron chi connectivity index (χ3n) is 4.15. The molecule has 0 aliphatic heterocycles. The molecule has 0 bridgehead atoms. The SMILES string of the molecule is N#Cc1ccc(Cc2ncc(Cc3nc(-c4cccc(Cl)c4)cs3)[nH]2)cc1. The molecular formula is C21H15ClN4S. The smallest absolute Gasteiger partial charge is 0.110 e. The molecule has 4 aromatic rings. The summed E-state index contributed by atoms with van der Waals surface area (Å²) in [6, 6.07) is 17.4. The third kappa shape index (κ3) is 4.25. The molecule has 0 saturated heterocycles. The van der Waals surface area contributed by atoms with Crippen molar-refractivity contribution in [3.63, 3.8) is 0 Å². The van der Waals surface area contributed by atoms with Crippen LogP contribution in [0.25, 0.3) is 11.3 Å². The van der Waals surface area contributed by atoms with Crippen LogP contribution in [0.5, 0.6) is 0 Å². The van der Waals surface area contributed by atoms with Gasteiger partial charge in [0, 0.05) is 40.7 Å². The third-order valence-corrected chi connectivity index (χ3v) is 5.23. The topological polar surface area (TPSA) is 65.4 Å². The second-order valence-electron chi connectivity index (χ2n) is 6.15. The van der Waals surface area contributed by atoms with E-state index in [9.17, 15) is 0 Å². The van der Waals surface area contributed by atoms with E-state index in [0.29, 0.717) is 23.4 Å². The summed E-state index contributed by atoms with van der Waals surface area (Å²) < 4.78 is 0. The van der Waals surface area contributed by atoms with E-state index < -0.39 is 0 Å². The molecule has 0 aliphatic rings. The number of nitrogens with one attached hydrogen (secondary N) is 1. The van der Waals surface area contributed by atoms with Gasteiger partial charge in [0.1, 0.15) is 5.82 Å². The number of hydrogen-bond donors (Lipinski definition) is 1. The molecule has 2 aromatic heterocycles. The lowest BCUT2D eigenvalue weighted by Gasteiger charge is -1.99. The van der Waals surface area contributed by atoms with Crippen LogP contribution in [0.15, 0.2) is 60.1 Å². The predicted molar refractivity (Wildman–Crippen MR) is 108 cm³/mol. The minimum Gasteiger partial charge on any atom is -0.345 e. The van der Waals surface area contributed by atoms with Crippen LogP contribution in [0, 0.1) is 11.3 Å². The van der Waals surface area contributed by atoms with Crippen molar-refractivity contribution in [1.82, 2.24) is 15.0 Å². The largest absolute Gasteiger partial charge is 0.345 e. The van der Waals surface area contributed by atoms with Crippen molar-refractivity contribution in [1.29, 1.82) is 5.26 Å². The Morgan fingerprint density at radius 1 is 1.11 bits per heavy atom. The molecule has 1 N–H and O–H groups in total. The Kier molecular flexibility index (Phi) is 5.01. The van der Waals surface area contributed by atoms with Crippen LogP contribution in [0.3, 0.4) is 0 Å². The lowest BCUT2D eigenvalue weighted by molar-refractivity contribution is 0.995. The first-order valence-electron chi connectivity index (χ1n) is 8.42. The maximum absolute atomic E-state index is 8.87. The van der Waals surface area contributed by atoms with E-state index in [4.69, 9.17) is 21.8 Å². The minimum absolute atomic E-state index is 0.665. The zero-order chi connectivity index (χ0) is 18.6. The number of nitrogens with zero attached hydrogens (tertiary/aromatic N) is 3. The number of aromatic nitrogens is 3. The summed E-state index contributed by atoms with van der Waals surface area (Å²) in [5.41, 5.74) is 4.78. The molecule has 2 heterocycles. The van der Waals surface area contributed by atoms with Gasteiger partial charge in [0.15, 0.2) is 0 Å². The first-order chi connectivity index (χ1) is 13.2. The molecule has 6 heteroatoms. The average molecular weight is 391 g/mol. The van der Waals surface area contributed by atoms with Gasteiger partial charge < -0.3 is 4.98 Å². The highest BCUT2D eigenvalue weighted by molar-refractivity contribution is 7.10. The summed E-state index contributed by atoms with van der Waals surface area (Å²) in [6.07, 6.45) is 3.28. The maximum Gasteiger partial charge on any atom is 0.110 e. The molecule has 0 fully saturated rings. The van der Waals surface area contributed by atoms with Gasteiger partial charge in [-0.25, -0.2) is 9.97 Å². The standard InChI is InChI=1S/C21H15ClN4S/c22-17-3-1-2-16(9-17)19-13-27-21(26-19)10-18-12-24-20(25-18)8-14-4-6-15(11-23)7-5-14/h1-7,9,12-13H,8,10H2,(H,24,25). The van der Waals surface area contributed by atoms with E-state index in [-0.39, 0.29) is 0 Å². The van der Waals surface area contributed by atoms with Crippen molar-refractivity contribution in [2.45, 2.75) is 12.8 Å². The lowest BCUT2D eigenvalue weighted by Crippen LogP contribution is -1.92. The van der Waals surface area contributed by atoms with Crippen molar-refractivity contribution < 1.29 is 0 Å². The number of imidazole rings is 1. The molecule has 0 atom stereocenters. The number of thiazole rings is 1. The number of hydrogen-bond acceptors (Lipinski definition) is 4. The van der Waals surface area contributed by atoms with Gasteiger partial charge in [0.25, 0.3) is 0 Å². The number of halogens is 1. The first-order valence-corrected chi connectivity index (χ1v) is 9.67. The Balaban J connectivity index is 1.44. The first kappa shape index (κ1) is 17.5. The highest BCUT2D eigenvalue weighted by Gasteiger charge is 2.08. The molecule has 2 aromatic carbocycles. The fourth-order valence-electron chi connectivity index (χ4n) is 2.81. The van der Waals surface area contributed by atoms with Gasteiger partial charge in [-0.3, -0.25) is 0 Å². The van der Waals surface area contributed by atoms with E-state index in [1.54, 1.807) is 11.3 Å². The van der Waals surface area contributed by atoms with Crippen LogP contribution < -0.4 is 0 Å². The van der Waals surface area contributed by atoms with Crippen LogP contribution >= 0.6 is 22.9 Å². The minimum atomic E-state index is 0.665. The van der Waals surface area contributed by atoms with E-state index in [1.165, 1.54) is 0 Å². The van der Waals surface area contributed by atoms with Gasteiger partial charge in [-0.1, -0.05) is 35.9 Å². The molecule has 4 nitrogen and oxygen atoms in total. The highest BCUT2D eigenvalue weighted by Crippen LogP contribution is 2.25. The molecule has 4 rings (SSSR count). The van der Waals surface area contributed by atoms with Gasteiger partial charge >= 0.3 is 0 Å². The number of rotatable bonds is 5. The zero-order valence-corrected chi connectivity index (χ0v) is 15.9. The van der Waals surface area contributed by atoms with E-state index in [2.05, 4.69) is 21.4 Å². The van der Waals surface area contributed by atoms with E-state index in [0.717, 1.165) is 33.3 Å². The lowest BCUT2D eigenvalue weighted by atomic mass is 10.1. The fraction of sp³-hybridized carbons (Fsp3) is 0.0952. The number of aromatic amines is 1. The van der Waals surface area contributed by atoms with Gasteiger partial charge in [-0.05, 0) is 29.8 Å². The molecule has 0 unspecified atom stereocenters. The Morgan fingerprint density at radius 2 is 1.96 bits per heavy atom. The Morgan fingerprint density at radius 3 is 2.74 bits per heavy atom. The van der Waals surface area contributed by atoms with Crippen molar-refractivity contribution in [3.05, 3.63) is 92.8 Å². The predicted octanol–water partition coefficient (Wildman–Crippen LogP) is 5.24. The van der Waals surface area contributed by atoms with Crippen molar-refractivity contribution in [3.8, 4) is 17.3 Å². The Labute approximate surface area is 166 Å². The van der Waals surface area contributed by atoms with Crippen LogP contribution in [0.2, 0.25) is 5.02 Å². The normalized spacial score (nSPS) is 10.7. The molecule has 0 amide bonds. The monoisotopic (exact) mass is 390 g/mol. The van der Waals surface area contributed by atoms with Crippen molar-refractivity contribution in [2.24, 2.45) is 0 Å². The maximum atomic E-state index is 8.87. The molecule has 0 saturated carbocycles. The molecule has 0 aliphatic carbocycles. The Bertz CT molecular complexity index is 1110. The van der Waals surface area contributed by atoms with Crippen LogP contribution in [-0.2, 0) is 12.8 Å². The summed E-state index contributed by atoms with van der Waals surface area (Å²) >= 11 is 7.69. The van der Waals surface area contributed by atoms with Gasteiger partial charge in [-0.15, -0.1) is 11.3 Å². The molecule has 27 heavy (non-hydrogen) atoms. The number of nitriles is 1. The van der Waals surface area contributed by atoms with Crippen LogP contribution in [-0.4, -0.2) is 15.0 Å². The second-order valence-corrected chi connectivity index (χ2v) is 7.53.